The molecule has 3 N–H and O–H groups in total. The number of nitrogens with two attached hydrogens (primary N) is 1. The van der Waals surface area contributed by atoms with Crippen molar-refractivity contribution in [1.82, 2.24) is 10.2 Å². The van der Waals surface area contributed by atoms with Crippen LogP contribution in [0.5, 0.6) is 0 Å². The topological polar surface area (TPSA) is 58.4 Å². The van der Waals surface area contributed by atoms with Crippen molar-refractivity contribution in [2.75, 3.05) is 25.9 Å². The third-order valence-electron chi connectivity index (χ3n) is 3.77. The number of anilines is 1. The molecule has 0 saturated carbocycles. The lowest BCUT2D eigenvalue weighted by Gasteiger charge is -2.31. The fraction of sp³-hybridized carbons (Fsp3) is 0.533. The van der Waals surface area contributed by atoms with E-state index < -0.39 is 0 Å². The monoisotopic (exact) mass is 261 g/mol. The fourth-order valence-electron chi connectivity index (χ4n) is 2.59. The van der Waals surface area contributed by atoms with Gasteiger partial charge in [0.2, 0.25) is 5.91 Å². The number of rotatable bonds is 3. The molecule has 2 unspecified atom stereocenters. The predicted octanol–water partition coefficient (Wildman–Crippen LogP) is 1.58. The molecule has 2 rings (SSSR count). The maximum atomic E-state index is 12.3. The minimum Gasteiger partial charge on any atom is -0.399 e. The normalized spacial score (nSPS) is 21.9. The highest BCUT2D eigenvalue weighted by Gasteiger charge is 2.22. The molecule has 0 aromatic heterocycles. The Morgan fingerprint density at radius 1 is 1.53 bits per heavy atom. The molecule has 1 amide bonds. The summed E-state index contributed by atoms with van der Waals surface area (Å²) >= 11 is 0. The van der Waals surface area contributed by atoms with Gasteiger partial charge >= 0.3 is 0 Å². The number of hydrogen-bond donors (Lipinski definition) is 2. The van der Waals surface area contributed by atoms with Gasteiger partial charge in [0.15, 0.2) is 0 Å². The average Bonchev–Trinajstić information content (AvgIpc) is 2.38. The van der Waals surface area contributed by atoms with Crippen molar-refractivity contribution in [1.29, 1.82) is 0 Å². The fourth-order valence-corrected chi connectivity index (χ4v) is 2.59. The summed E-state index contributed by atoms with van der Waals surface area (Å²) in [6.07, 6.45) is 2.22. The Morgan fingerprint density at radius 2 is 2.32 bits per heavy atom. The highest BCUT2D eigenvalue weighted by atomic mass is 16.1. The second-order valence-electron chi connectivity index (χ2n) is 5.50. The van der Waals surface area contributed by atoms with E-state index in [1.165, 1.54) is 0 Å². The molecule has 1 aliphatic rings. The van der Waals surface area contributed by atoms with Gasteiger partial charge in [0.1, 0.15) is 0 Å². The van der Waals surface area contributed by atoms with Crippen molar-refractivity contribution in [3.05, 3.63) is 29.8 Å². The van der Waals surface area contributed by atoms with Crippen LogP contribution in [0.3, 0.4) is 0 Å². The summed E-state index contributed by atoms with van der Waals surface area (Å²) in [6, 6.07) is 7.83. The highest BCUT2D eigenvalue weighted by Crippen LogP contribution is 2.18. The predicted molar refractivity (Wildman–Crippen MR) is 77.9 cm³/mol. The van der Waals surface area contributed by atoms with Crippen molar-refractivity contribution in [3.8, 4) is 0 Å². The first kappa shape index (κ1) is 13.9. The molecule has 0 radical (unpaired) electrons. The first-order valence-corrected chi connectivity index (χ1v) is 6.90. The standard InChI is InChI=1S/C15H23N3O/c1-11(12-5-3-6-13(16)9-12)15(19)17-14-7-4-8-18(2)10-14/h3,5-6,9,11,14H,4,7-8,10,16H2,1-2H3,(H,17,19). The second kappa shape index (κ2) is 6.06. The molecule has 1 fully saturated rings. The number of nitrogens with zero attached hydrogens (tertiary/aromatic N) is 1. The lowest BCUT2D eigenvalue weighted by Crippen LogP contribution is -2.47. The number of nitrogens with one attached hydrogen (secondary N) is 1. The largest absolute Gasteiger partial charge is 0.399 e. The summed E-state index contributed by atoms with van der Waals surface area (Å²) in [5.74, 6) is -0.0679. The zero-order valence-electron chi connectivity index (χ0n) is 11.7. The van der Waals surface area contributed by atoms with Crippen molar-refractivity contribution in [2.45, 2.75) is 31.7 Å². The Kier molecular flexibility index (Phi) is 4.43. The van der Waals surface area contributed by atoms with Crippen LogP contribution < -0.4 is 11.1 Å². The minimum absolute atomic E-state index is 0.0888. The summed E-state index contributed by atoms with van der Waals surface area (Å²) in [6.45, 7) is 3.99. The van der Waals surface area contributed by atoms with Gasteiger partial charge in [0.25, 0.3) is 0 Å². The van der Waals surface area contributed by atoms with Gasteiger partial charge in [0.05, 0.1) is 5.92 Å². The van der Waals surface area contributed by atoms with Gasteiger partial charge in [-0.05, 0) is 51.1 Å². The van der Waals surface area contributed by atoms with Crippen LogP contribution in [0.4, 0.5) is 5.69 Å². The third-order valence-corrected chi connectivity index (χ3v) is 3.77. The molecule has 1 aromatic rings. The molecule has 1 saturated heterocycles. The Labute approximate surface area is 115 Å². The molecule has 1 aromatic carbocycles. The average molecular weight is 261 g/mol. The van der Waals surface area contributed by atoms with E-state index in [4.69, 9.17) is 5.73 Å². The Morgan fingerprint density at radius 3 is 3.00 bits per heavy atom. The third kappa shape index (κ3) is 3.70. The zero-order valence-corrected chi connectivity index (χ0v) is 11.7. The molecule has 104 valence electrons. The molecule has 0 spiro atoms. The van der Waals surface area contributed by atoms with Crippen molar-refractivity contribution in [3.63, 3.8) is 0 Å². The van der Waals surface area contributed by atoms with Gasteiger partial charge in [-0.25, -0.2) is 0 Å². The maximum absolute atomic E-state index is 12.3. The molecular formula is C15H23N3O. The molecule has 2 atom stereocenters. The van der Waals surface area contributed by atoms with E-state index in [1.807, 2.05) is 31.2 Å². The van der Waals surface area contributed by atoms with Crippen LogP contribution in [-0.4, -0.2) is 37.0 Å². The Bertz CT molecular complexity index is 447. The van der Waals surface area contributed by atoms with Crippen molar-refractivity contribution in [2.24, 2.45) is 0 Å². The quantitative estimate of drug-likeness (QED) is 0.812. The summed E-state index contributed by atoms with van der Waals surface area (Å²) in [7, 11) is 2.10. The highest BCUT2D eigenvalue weighted by molar-refractivity contribution is 5.83. The first-order chi connectivity index (χ1) is 9.06. The van der Waals surface area contributed by atoms with Crippen LogP contribution >= 0.6 is 0 Å². The maximum Gasteiger partial charge on any atom is 0.227 e. The SMILES string of the molecule is CC(C(=O)NC1CCCN(C)C1)c1cccc(N)c1. The van der Waals surface area contributed by atoms with E-state index in [0.717, 1.165) is 31.5 Å². The van der Waals surface area contributed by atoms with Gasteiger partial charge in [-0.3, -0.25) is 4.79 Å². The molecule has 4 heteroatoms. The van der Waals surface area contributed by atoms with Crippen LogP contribution in [0.25, 0.3) is 0 Å². The number of benzene rings is 1. The van der Waals surface area contributed by atoms with Crippen LogP contribution in [0.15, 0.2) is 24.3 Å². The second-order valence-corrected chi connectivity index (χ2v) is 5.50. The molecule has 0 bridgehead atoms. The van der Waals surface area contributed by atoms with Crippen LogP contribution in [0, 0.1) is 0 Å². The van der Waals surface area contributed by atoms with E-state index in [0.29, 0.717) is 5.69 Å². The van der Waals surface area contributed by atoms with E-state index in [1.54, 1.807) is 0 Å². The minimum atomic E-state index is -0.157. The lowest BCUT2D eigenvalue weighted by atomic mass is 9.98. The zero-order chi connectivity index (χ0) is 13.8. The number of likely N-dealkylation sites (tertiary alicyclic amines) is 1. The van der Waals surface area contributed by atoms with Gasteiger partial charge in [-0.2, -0.15) is 0 Å². The Hall–Kier alpha value is -1.55. The summed E-state index contributed by atoms with van der Waals surface area (Å²) in [5, 5.41) is 3.15. The van der Waals surface area contributed by atoms with Gasteiger partial charge in [-0.15, -0.1) is 0 Å². The number of carbonyl (C=O) groups excluding carboxylic acids is 1. The summed E-state index contributed by atoms with van der Waals surface area (Å²) < 4.78 is 0. The number of nitrogen functional groups attached to an aromatic ring is 1. The molecule has 4 nitrogen and oxygen atoms in total. The molecule has 1 aliphatic heterocycles. The van der Waals surface area contributed by atoms with Crippen LogP contribution in [0.1, 0.15) is 31.2 Å². The first-order valence-electron chi connectivity index (χ1n) is 6.90. The Balaban J connectivity index is 1.95. The van der Waals surface area contributed by atoms with Gasteiger partial charge in [-0.1, -0.05) is 12.1 Å². The molecule has 19 heavy (non-hydrogen) atoms. The van der Waals surface area contributed by atoms with Crippen molar-refractivity contribution < 1.29 is 4.79 Å². The number of carbonyl (C=O) groups is 1. The number of hydrogen-bond acceptors (Lipinski definition) is 3. The number of likely N-dealkylation sites (N-methyl/N-ethyl adjacent to an activating group) is 1. The molecule has 1 heterocycles. The molecule has 0 aliphatic carbocycles. The van der Waals surface area contributed by atoms with E-state index >= 15 is 0 Å². The summed E-state index contributed by atoms with van der Waals surface area (Å²) in [5.41, 5.74) is 7.44. The number of piperidine rings is 1. The summed E-state index contributed by atoms with van der Waals surface area (Å²) in [4.78, 5) is 14.5. The van der Waals surface area contributed by atoms with Crippen LogP contribution in [0.2, 0.25) is 0 Å². The van der Waals surface area contributed by atoms with E-state index in [-0.39, 0.29) is 17.9 Å². The van der Waals surface area contributed by atoms with E-state index in [9.17, 15) is 4.79 Å². The lowest BCUT2D eigenvalue weighted by molar-refractivity contribution is -0.123. The van der Waals surface area contributed by atoms with Crippen molar-refractivity contribution >= 4 is 11.6 Å². The van der Waals surface area contributed by atoms with Crippen LogP contribution in [-0.2, 0) is 4.79 Å². The van der Waals surface area contributed by atoms with Gasteiger partial charge in [0, 0.05) is 18.3 Å². The van der Waals surface area contributed by atoms with Gasteiger partial charge < -0.3 is 16.0 Å². The smallest absolute Gasteiger partial charge is 0.227 e. The van der Waals surface area contributed by atoms with E-state index in [2.05, 4.69) is 17.3 Å². The molecular weight excluding hydrogens is 238 g/mol. The number of amides is 1.